The zero-order chi connectivity index (χ0) is 9.80. The predicted molar refractivity (Wildman–Crippen MR) is 55.9 cm³/mol. The van der Waals surface area contributed by atoms with Crippen LogP contribution in [0.3, 0.4) is 0 Å². The van der Waals surface area contributed by atoms with E-state index >= 15 is 0 Å². The average Bonchev–Trinajstić information content (AvgIpc) is 3.00. The third kappa shape index (κ3) is 3.29. The Balaban J connectivity index is 1.59. The van der Waals surface area contributed by atoms with Crippen molar-refractivity contribution in [2.45, 2.75) is 32.1 Å². The Morgan fingerprint density at radius 3 is 2.50 bits per heavy atom. The van der Waals surface area contributed by atoms with Gasteiger partial charge in [-0.3, -0.25) is 4.79 Å². The van der Waals surface area contributed by atoms with Crippen LogP contribution in [0, 0.1) is 11.8 Å². The van der Waals surface area contributed by atoms with Crippen LogP contribution in [0.5, 0.6) is 0 Å². The molecule has 0 aromatic carbocycles. The van der Waals surface area contributed by atoms with Gasteiger partial charge in [0.1, 0.15) is 0 Å². The van der Waals surface area contributed by atoms with E-state index in [4.69, 9.17) is 0 Å². The van der Waals surface area contributed by atoms with Crippen LogP contribution in [0.2, 0.25) is 0 Å². The minimum Gasteiger partial charge on any atom is -0.356 e. The second kappa shape index (κ2) is 4.78. The van der Waals surface area contributed by atoms with E-state index in [2.05, 4.69) is 10.6 Å². The maximum absolute atomic E-state index is 11.5. The standard InChI is InChI=1S/C11H20N2O/c14-11(13-8-10-1-2-10)7-9-3-5-12-6-4-9/h9-10,12H,1-8H2,(H,13,14). The van der Waals surface area contributed by atoms with E-state index in [-0.39, 0.29) is 5.91 Å². The molecule has 1 saturated carbocycles. The van der Waals surface area contributed by atoms with Gasteiger partial charge in [0.05, 0.1) is 0 Å². The van der Waals surface area contributed by atoms with Crippen LogP contribution < -0.4 is 10.6 Å². The van der Waals surface area contributed by atoms with Crippen LogP contribution in [-0.4, -0.2) is 25.5 Å². The Kier molecular flexibility index (Phi) is 3.40. The van der Waals surface area contributed by atoms with Gasteiger partial charge in [-0.05, 0) is 50.6 Å². The highest BCUT2D eigenvalue weighted by Gasteiger charge is 2.22. The minimum absolute atomic E-state index is 0.267. The third-order valence-corrected chi connectivity index (χ3v) is 3.22. The number of rotatable bonds is 4. The third-order valence-electron chi connectivity index (χ3n) is 3.22. The van der Waals surface area contributed by atoms with E-state index in [1.165, 1.54) is 12.8 Å². The molecule has 1 amide bonds. The van der Waals surface area contributed by atoms with Gasteiger partial charge in [-0.2, -0.15) is 0 Å². The molecular formula is C11H20N2O. The van der Waals surface area contributed by atoms with Crippen molar-refractivity contribution in [3.05, 3.63) is 0 Å². The van der Waals surface area contributed by atoms with Gasteiger partial charge in [0.15, 0.2) is 0 Å². The van der Waals surface area contributed by atoms with Gasteiger partial charge in [0.25, 0.3) is 0 Å². The number of nitrogens with one attached hydrogen (secondary N) is 2. The highest BCUT2D eigenvalue weighted by atomic mass is 16.1. The zero-order valence-corrected chi connectivity index (χ0v) is 8.72. The highest BCUT2D eigenvalue weighted by Crippen LogP contribution is 2.27. The van der Waals surface area contributed by atoms with Crippen molar-refractivity contribution >= 4 is 5.91 Å². The van der Waals surface area contributed by atoms with E-state index in [0.29, 0.717) is 5.92 Å². The second-order valence-corrected chi connectivity index (χ2v) is 4.64. The molecule has 1 aliphatic carbocycles. The summed E-state index contributed by atoms with van der Waals surface area (Å²) >= 11 is 0. The molecule has 1 aliphatic heterocycles. The fourth-order valence-corrected chi connectivity index (χ4v) is 2.00. The molecule has 2 N–H and O–H groups in total. The van der Waals surface area contributed by atoms with E-state index in [1.807, 2.05) is 0 Å². The average molecular weight is 196 g/mol. The molecule has 80 valence electrons. The van der Waals surface area contributed by atoms with Gasteiger partial charge in [0, 0.05) is 13.0 Å². The molecule has 0 unspecified atom stereocenters. The highest BCUT2D eigenvalue weighted by molar-refractivity contribution is 5.76. The van der Waals surface area contributed by atoms with Crippen molar-refractivity contribution in [3.63, 3.8) is 0 Å². The van der Waals surface area contributed by atoms with E-state index < -0.39 is 0 Å². The maximum atomic E-state index is 11.5. The molecule has 0 aromatic rings. The number of piperidine rings is 1. The Morgan fingerprint density at radius 2 is 1.86 bits per heavy atom. The van der Waals surface area contributed by atoms with Gasteiger partial charge >= 0.3 is 0 Å². The van der Waals surface area contributed by atoms with Crippen molar-refractivity contribution in [1.29, 1.82) is 0 Å². The minimum atomic E-state index is 0.267. The first-order valence-electron chi connectivity index (χ1n) is 5.82. The maximum Gasteiger partial charge on any atom is 0.220 e. The quantitative estimate of drug-likeness (QED) is 0.701. The number of hydrogen-bond donors (Lipinski definition) is 2. The first-order valence-corrected chi connectivity index (χ1v) is 5.82. The van der Waals surface area contributed by atoms with Gasteiger partial charge in [0.2, 0.25) is 5.91 Å². The molecule has 2 fully saturated rings. The summed E-state index contributed by atoms with van der Waals surface area (Å²) < 4.78 is 0. The molecule has 3 heteroatoms. The van der Waals surface area contributed by atoms with Crippen LogP contribution >= 0.6 is 0 Å². The lowest BCUT2D eigenvalue weighted by atomic mass is 9.94. The van der Waals surface area contributed by atoms with Gasteiger partial charge < -0.3 is 10.6 Å². The summed E-state index contributed by atoms with van der Waals surface area (Å²) in [7, 11) is 0. The van der Waals surface area contributed by atoms with Crippen molar-refractivity contribution in [1.82, 2.24) is 10.6 Å². The molecule has 2 aliphatic rings. The van der Waals surface area contributed by atoms with E-state index in [1.54, 1.807) is 0 Å². The number of carbonyl (C=O) groups excluding carboxylic acids is 1. The Morgan fingerprint density at radius 1 is 1.14 bits per heavy atom. The largest absolute Gasteiger partial charge is 0.356 e. The smallest absolute Gasteiger partial charge is 0.220 e. The summed E-state index contributed by atoms with van der Waals surface area (Å²) in [6, 6.07) is 0. The summed E-state index contributed by atoms with van der Waals surface area (Å²) in [5, 5.41) is 6.35. The fourth-order valence-electron chi connectivity index (χ4n) is 2.00. The number of hydrogen-bond acceptors (Lipinski definition) is 2. The SMILES string of the molecule is O=C(CC1CCNCC1)NCC1CC1. The van der Waals surface area contributed by atoms with Crippen LogP contribution in [0.1, 0.15) is 32.1 Å². The van der Waals surface area contributed by atoms with Crippen molar-refractivity contribution < 1.29 is 4.79 Å². The van der Waals surface area contributed by atoms with Crippen LogP contribution in [-0.2, 0) is 4.79 Å². The number of carbonyl (C=O) groups is 1. The lowest BCUT2D eigenvalue weighted by Crippen LogP contribution is -2.32. The molecule has 14 heavy (non-hydrogen) atoms. The molecule has 1 heterocycles. The molecule has 0 aromatic heterocycles. The fraction of sp³-hybridized carbons (Fsp3) is 0.909. The summed E-state index contributed by atoms with van der Waals surface area (Å²) in [6.45, 7) is 3.09. The Hall–Kier alpha value is -0.570. The second-order valence-electron chi connectivity index (χ2n) is 4.64. The Labute approximate surface area is 85.6 Å². The first kappa shape index (κ1) is 9.97. The number of amides is 1. The van der Waals surface area contributed by atoms with Crippen molar-refractivity contribution in [3.8, 4) is 0 Å². The topological polar surface area (TPSA) is 41.1 Å². The molecule has 0 radical (unpaired) electrons. The molecule has 3 nitrogen and oxygen atoms in total. The van der Waals surface area contributed by atoms with Crippen LogP contribution in [0.4, 0.5) is 0 Å². The molecule has 2 rings (SSSR count). The van der Waals surface area contributed by atoms with Crippen molar-refractivity contribution in [2.75, 3.05) is 19.6 Å². The summed E-state index contributed by atoms with van der Waals surface area (Å²) in [5.74, 6) is 1.69. The molecule has 0 atom stereocenters. The van der Waals surface area contributed by atoms with Gasteiger partial charge in [-0.1, -0.05) is 0 Å². The van der Waals surface area contributed by atoms with Crippen LogP contribution in [0.25, 0.3) is 0 Å². The molecule has 0 spiro atoms. The predicted octanol–water partition coefficient (Wildman–Crippen LogP) is 0.902. The van der Waals surface area contributed by atoms with Crippen molar-refractivity contribution in [2.24, 2.45) is 11.8 Å². The molecule has 1 saturated heterocycles. The van der Waals surface area contributed by atoms with Crippen LogP contribution in [0.15, 0.2) is 0 Å². The first-order chi connectivity index (χ1) is 6.84. The molecular weight excluding hydrogens is 176 g/mol. The molecule has 0 bridgehead atoms. The monoisotopic (exact) mass is 196 g/mol. The van der Waals surface area contributed by atoms with Gasteiger partial charge in [-0.15, -0.1) is 0 Å². The Bertz CT molecular complexity index is 195. The van der Waals surface area contributed by atoms with E-state index in [0.717, 1.165) is 44.8 Å². The lowest BCUT2D eigenvalue weighted by molar-refractivity contribution is -0.122. The summed E-state index contributed by atoms with van der Waals surface area (Å²) in [5.41, 5.74) is 0. The normalized spacial score (nSPS) is 23.4. The summed E-state index contributed by atoms with van der Waals surface area (Å²) in [6.07, 6.45) is 5.70. The zero-order valence-electron chi connectivity index (χ0n) is 8.72. The van der Waals surface area contributed by atoms with Gasteiger partial charge in [-0.25, -0.2) is 0 Å². The van der Waals surface area contributed by atoms with E-state index in [9.17, 15) is 4.79 Å². The summed E-state index contributed by atoms with van der Waals surface area (Å²) in [4.78, 5) is 11.5. The lowest BCUT2D eigenvalue weighted by Gasteiger charge is -2.21.